The molecule has 2 heterocycles. The second kappa shape index (κ2) is 8.80. The number of nitrogens with one attached hydrogen (secondary N) is 1. The van der Waals surface area contributed by atoms with Crippen LogP contribution in [0, 0.1) is 5.92 Å². The Bertz CT molecular complexity index is 908. The van der Waals surface area contributed by atoms with E-state index in [1.54, 1.807) is 0 Å². The summed E-state index contributed by atoms with van der Waals surface area (Å²) in [6.45, 7) is 9.72. The lowest BCUT2D eigenvalue weighted by Gasteiger charge is -2.31. The van der Waals surface area contributed by atoms with Crippen molar-refractivity contribution in [3.8, 4) is 0 Å². The molecule has 0 radical (unpaired) electrons. The molecule has 2 aliphatic rings. The molecule has 1 aliphatic heterocycles. The molecule has 0 bridgehead atoms. The molecule has 0 amide bonds. The maximum absolute atomic E-state index is 5.12. The Morgan fingerprint density at radius 3 is 2.64 bits per heavy atom. The normalized spacial score (nSPS) is 20.3. The van der Waals surface area contributed by atoms with Crippen molar-refractivity contribution >= 4 is 22.2 Å². The zero-order valence-corrected chi connectivity index (χ0v) is 16.9. The number of pyridine rings is 1. The number of hydrogen-bond donors (Lipinski definition) is 1. The van der Waals surface area contributed by atoms with Gasteiger partial charge in [-0.05, 0) is 32.6 Å². The van der Waals surface area contributed by atoms with E-state index in [1.165, 1.54) is 17.5 Å². The van der Waals surface area contributed by atoms with Crippen molar-refractivity contribution in [2.45, 2.75) is 26.2 Å². The molecule has 4 nitrogen and oxygen atoms in total. The number of benzene rings is 1. The summed E-state index contributed by atoms with van der Waals surface area (Å²) < 4.78 is 0. The van der Waals surface area contributed by atoms with Crippen molar-refractivity contribution in [3.05, 3.63) is 60.5 Å². The van der Waals surface area contributed by atoms with Gasteiger partial charge in [0.15, 0.2) is 0 Å². The molecule has 4 heteroatoms. The monoisotopic (exact) mass is 374 g/mol. The van der Waals surface area contributed by atoms with Crippen LogP contribution in [0.2, 0.25) is 0 Å². The van der Waals surface area contributed by atoms with E-state index < -0.39 is 0 Å². The number of allylic oxidation sites excluding steroid dienone is 4. The first-order valence-electron chi connectivity index (χ1n) is 10.5. The van der Waals surface area contributed by atoms with Crippen LogP contribution in [0.5, 0.6) is 0 Å². The predicted molar refractivity (Wildman–Crippen MR) is 119 cm³/mol. The molecule has 146 valence electrons. The Labute approximate surface area is 168 Å². The quantitative estimate of drug-likeness (QED) is 0.693. The standard InChI is InChI=1S/C24H30N4/c1-3-28(4-2)15-9-14-25-17-22-20-12-7-8-13-21(20)23-24(27-22)19-11-6-5-10-18(19)16-26-23/h5-8,10-13,16,20-21,25H,3-4,9,14-15,17H2,1-2H3. The first kappa shape index (κ1) is 19.0. The summed E-state index contributed by atoms with van der Waals surface area (Å²) in [7, 11) is 0. The number of rotatable bonds is 8. The molecular weight excluding hydrogens is 344 g/mol. The van der Waals surface area contributed by atoms with E-state index >= 15 is 0 Å². The van der Waals surface area contributed by atoms with Gasteiger partial charge in [-0.15, -0.1) is 0 Å². The van der Waals surface area contributed by atoms with Crippen molar-refractivity contribution in [3.63, 3.8) is 0 Å². The smallest absolute Gasteiger partial charge is 0.0929 e. The fourth-order valence-corrected chi connectivity index (χ4v) is 4.27. The van der Waals surface area contributed by atoms with Gasteiger partial charge >= 0.3 is 0 Å². The molecule has 2 atom stereocenters. The highest BCUT2D eigenvalue weighted by molar-refractivity contribution is 6.02. The minimum absolute atomic E-state index is 0.287. The van der Waals surface area contributed by atoms with Gasteiger partial charge in [0.1, 0.15) is 0 Å². The minimum atomic E-state index is 0.287. The van der Waals surface area contributed by atoms with Crippen LogP contribution in [-0.4, -0.2) is 48.3 Å². The van der Waals surface area contributed by atoms with Gasteiger partial charge in [-0.2, -0.15) is 0 Å². The Kier molecular flexibility index (Phi) is 5.98. The van der Waals surface area contributed by atoms with Crippen LogP contribution in [0.3, 0.4) is 0 Å². The third-order valence-corrected chi connectivity index (χ3v) is 5.92. The number of nitrogens with zero attached hydrogens (tertiary/aromatic N) is 3. The average molecular weight is 375 g/mol. The van der Waals surface area contributed by atoms with Gasteiger partial charge in [0.25, 0.3) is 0 Å². The molecule has 0 spiro atoms. The van der Waals surface area contributed by atoms with E-state index in [0.717, 1.165) is 49.5 Å². The van der Waals surface area contributed by atoms with Crippen molar-refractivity contribution in [1.29, 1.82) is 0 Å². The molecule has 1 N–H and O–H groups in total. The molecule has 0 fully saturated rings. The molecule has 2 aromatic rings. The van der Waals surface area contributed by atoms with E-state index in [-0.39, 0.29) is 5.92 Å². The lowest BCUT2D eigenvalue weighted by molar-refractivity contribution is 0.299. The Morgan fingerprint density at radius 1 is 1.04 bits per heavy atom. The molecule has 1 aromatic carbocycles. The predicted octanol–water partition coefficient (Wildman–Crippen LogP) is 4.47. The van der Waals surface area contributed by atoms with Crippen LogP contribution in [-0.2, 0) is 0 Å². The van der Waals surface area contributed by atoms with Gasteiger partial charge in [-0.1, -0.05) is 62.4 Å². The van der Waals surface area contributed by atoms with Gasteiger partial charge in [-0.3, -0.25) is 9.98 Å². The van der Waals surface area contributed by atoms with Crippen LogP contribution in [0.1, 0.15) is 31.9 Å². The highest BCUT2D eigenvalue weighted by Gasteiger charge is 2.32. The van der Waals surface area contributed by atoms with Gasteiger partial charge in [0, 0.05) is 41.1 Å². The molecule has 28 heavy (non-hydrogen) atoms. The lowest BCUT2D eigenvalue weighted by atomic mass is 9.79. The lowest BCUT2D eigenvalue weighted by Crippen LogP contribution is -2.35. The summed E-state index contributed by atoms with van der Waals surface area (Å²) in [6.07, 6.45) is 12.0. The maximum Gasteiger partial charge on any atom is 0.0929 e. The van der Waals surface area contributed by atoms with Crippen LogP contribution in [0.25, 0.3) is 10.8 Å². The highest BCUT2D eigenvalue weighted by atomic mass is 15.1. The zero-order valence-electron chi connectivity index (χ0n) is 16.9. The number of aromatic nitrogens is 1. The van der Waals surface area contributed by atoms with E-state index in [9.17, 15) is 0 Å². The second-order valence-corrected chi connectivity index (χ2v) is 7.56. The molecule has 1 aromatic heterocycles. The molecule has 0 saturated heterocycles. The average Bonchev–Trinajstić information content (AvgIpc) is 2.76. The first-order chi connectivity index (χ1) is 13.8. The minimum Gasteiger partial charge on any atom is -0.311 e. The van der Waals surface area contributed by atoms with Crippen molar-refractivity contribution in [1.82, 2.24) is 15.2 Å². The Morgan fingerprint density at radius 2 is 1.82 bits per heavy atom. The summed E-state index contributed by atoms with van der Waals surface area (Å²) in [6, 6.07) is 8.43. The number of hydrogen-bond acceptors (Lipinski definition) is 4. The molecule has 4 rings (SSSR count). The first-order valence-corrected chi connectivity index (χ1v) is 10.5. The summed E-state index contributed by atoms with van der Waals surface area (Å²) in [5, 5.41) is 5.99. The Balaban J connectivity index is 1.53. The third kappa shape index (κ3) is 3.80. The van der Waals surface area contributed by atoms with E-state index in [0.29, 0.717) is 5.92 Å². The van der Waals surface area contributed by atoms with Gasteiger partial charge < -0.3 is 10.2 Å². The molecule has 2 unspecified atom stereocenters. The van der Waals surface area contributed by atoms with Crippen molar-refractivity contribution in [2.75, 3.05) is 32.7 Å². The van der Waals surface area contributed by atoms with Crippen molar-refractivity contribution < 1.29 is 0 Å². The highest BCUT2D eigenvalue weighted by Crippen LogP contribution is 2.43. The molecule has 1 aliphatic carbocycles. The fourth-order valence-electron chi connectivity index (χ4n) is 4.27. The van der Waals surface area contributed by atoms with Crippen LogP contribution >= 0.6 is 0 Å². The van der Waals surface area contributed by atoms with E-state index in [1.807, 2.05) is 6.20 Å². The summed E-state index contributed by atoms with van der Waals surface area (Å²) in [5.41, 5.74) is 3.38. The summed E-state index contributed by atoms with van der Waals surface area (Å²) in [4.78, 5) is 12.4. The van der Waals surface area contributed by atoms with Crippen LogP contribution in [0.15, 0.2) is 59.8 Å². The largest absolute Gasteiger partial charge is 0.311 e. The fraction of sp³-hybridized carbons (Fsp3) is 0.417. The SMILES string of the molecule is CCN(CC)CCCNCC1=Nc2c(ncc3ccccc23)C2C=CC=CC12. The summed E-state index contributed by atoms with van der Waals surface area (Å²) in [5.74, 6) is 0.594. The van der Waals surface area contributed by atoms with Crippen LogP contribution < -0.4 is 5.32 Å². The summed E-state index contributed by atoms with van der Waals surface area (Å²) >= 11 is 0. The van der Waals surface area contributed by atoms with Gasteiger partial charge in [0.05, 0.1) is 11.4 Å². The van der Waals surface area contributed by atoms with Crippen molar-refractivity contribution in [2.24, 2.45) is 10.9 Å². The Hall–Kier alpha value is -2.30. The van der Waals surface area contributed by atoms with Gasteiger partial charge in [0.2, 0.25) is 0 Å². The maximum atomic E-state index is 5.12. The molecule has 0 saturated carbocycles. The zero-order chi connectivity index (χ0) is 19.3. The third-order valence-electron chi connectivity index (χ3n) is 5.92. The van der Waals surface area contributed by atoms with Crippen LogP contribution in [0.4, 0.5) is 5.69 Å². The number of aliphatic imine (C=N–C) groups is 1. The number of fused-ring (bicyclic) bond motifs is 5. The van der Waals surface area contributed by atoms with E-state index in [2.05, 4.69) is 72.6 Å². The van der Waals surface area contributed by atoms with Gasteiger partial charge in [-0.25, -0.2) is 0 Å². The second-order valence-electron chi connectivity index (χ2n) is 7.56. The molecular formula is C24H30N4. The topological polar surface area (TPSA) is 40.5 Å². The van der Waals surface area contributed by atoms with E-state index in [4.69, 9.17) is 9.98 Å².